The van der Waals surface area contributed by atoms with Gasteiger partial charge < -0.3 is 24.0 Å². The van der Waals surface area contributed by atoms with E-state index in [2.05, 4.69) is 15.7 Å². The van der Waals surface area contributed by atoms with Gasteiger partial charge in [-0.05, 0) is 106 Å². The van der Waals surface area contributed by atoms with Crippen molar-refractivity contribution in [2.24, 2.45) is 11.8 Å². The number of fused-ring (bicyclic) bond motifs is 4. The number of carbonyl (C=O) groups excluding carboxylic acids is 2. The predicted molar refractivity (Wildman–Crippen MR) is 180 cm³/mol. The Balaban J connectivity index is 1.46. The maximum atomic E-state index is 13.6. The molecule has 2 amide bonds. The molecule has 47 heavy (non-hydrogen) atoms. The summed E-state index contributed by atoms with van der Waals surface area (Å²) >= 11 is 6.42. The number of hydrogen-bond acceptors (Lipinski definition) is 8. The molecule has 4 atom stereocenters. The van der Waals surface area contributed by atoms with E-state index >= 15 is 0 Å². The van der Waals surface area contributed by atoms with Crippen LogP contribution in [0.5, 0.6) is 5.75 Å². The van der Waals surface area contributed by atoms with Crippen molar-refractivity contribution in [1.29, 1.82) is 0 Å². The summed E-state index contributed by atoms with van der Waals surface area (Å²) in [4.78, 5) is 29.8. The number of hydrogen-bond donors (Lipinski definition) is 1. The van der Waals surface area contributed by atoms with Crippen LogP contribution in [0.15, 0.2) is 53.4 Å². The van der Waals surface area contributed by atoms with E-state index in [1.54, 1.807) is 32.3 Å². The summed E-state index contributed by atoms with van der Waals surface area (Å²) in [5, 5.41) is 0.700. The van der Waals surface area contributed by atoms with Crippen LogP contribution in [0.25, 0.3) is 0 Å². The zero-order chi connectivity index (χ0) is 33.8. The molecule has 2 aromatic rings. The van der Waals surface area contributed by atoms with Gasteiger partial charge in [-0.3, -0.25) is 4.79 Å². The number of benzene rings is 2. The Kier molecular flexibility index (Phi) is 8.80. The third kappa shape index (κ3) is 6.46. The number of halogens is 1. The normalized spacial score (nSPS) is 30.3. The fourth-order valence-electron chi connectivity index (χ4n) is 7.51. The molecule has 254 valence electrons. The molecule has 0 unspecified atom stereocenters. The molecule has 4 aliphatic rings. The molecule has 0 radical (unpaired) electrons. The number of rotatable bonds is 1. The smallest absolute Gasteiger partial charge is 0.410 e. The van der Waals surface area contributed by atoms with E-state index in [0.717, 1.165) is 32.1 Å². The third-order valence-electron chi connectivity index (χ3n) is 10.4. The van der Waals surface area contributed by atoms with Crippen molar-refractivity contribution in [1.82, 2.24) is 9.62 Å². The molecule has 2 aliphatic carbocycles. The number of anilines is 1. The van der Waals surface area contributed by atoms with E-state index in [-0.39, 0.29) is 28.8 Å². The van der Waals surface area contributed by atoms with Crippen LogP contribution in [-0.2, 0) is 36.1 Å². The minimum atomic E-state index is -4.24. The van der Waals surface area contributed by atoms with Gasteiger partial charge in [-0.1, -0.05) is 23.7 Å². The highest BCUT2D eigenvalue weighted by Crippen LogP contribution is 2.49. The summed E-state index contributed by atoms with van der Waals surface area (Å²) in [6.45, 7) is 6.59. The Morgan fingerprint density at radius 2 is 1.91 bits per heavy atom. The van der Waals surface area contributed by atoms with Gasteiger partial charge in [-0.2, -0.15) is 0 Å². The summed E-state index contributed by atoms with van der Waals surface area (Å²) in [6.07, 6.45) is 7.71. The maximum Gasteiger partial charge on any atom is 0.410 e. The van der Waals surface area contributed by atoms with Crippen LogP contribution in [0.4, 0.5) is 10.5 Å². The Bertz CT molecular complexity index is 1710. The third-order valence-corrected chi connectivity index (χ3v) is 11.9. The first-order chi connectivity index (χ1) is 22.1. The second-order valence-electron chi connectivity index (χ2n) is 14.3. The lowest BCUT2D eigenvalue weighted by molar-refractivity contribution is -0.139. The minimum absolute atomic E-state index is 0.0141. The average molecular weight is 686 g/mol. The Labute approximate surface area is 282 Å². The number of ether oxygens (including phenoxy) is 3. The van der Waals surface area contributed by atoms with Crippen LogP contribution in [0.1, 0.15) is 57.6 Å². The molecule has 1 fully saturated rings. The van der Waals surface area contributed by atoms with Crippen LogP contribution in [0, 0.1) is 11.8 Å². The molecular formula is C35H44ClN3O7S. The van der Waals surface area contributed by atoms with Crippen LogP contribution in [-0.4, -0.2) is 76.9 Å². The van der Waals surface area contributed by atoms with Gasteiger partial charge in [0, 0.05) is 43.5 Å². The highest BCUT2D eigenvalue weighted by Gasteiger charge is 2.49. The first-order valence-electron chi connectivity index (χ1n) is 16.2. The zero-order valence-corrected chi connectivity index (χ0v) is 29.2. The molecule has 10 nitrogen and oxygen atoms in total. The summed E-state index contributed by atoms with van der Waals surface area (Å²) in [6, 6.07) is 10.8. The van der Waals surface area contributed by atoms with Crippen molar-refractivity contribution >= 4 is 39.3 Å². The number of carbonyl (C=O) groups is 2. The van der Waals surface area contributed by atoms with Gasteiger partial charge in [-0.25, -0.2) is 17.9 Å². The summed E-state index contributed by atoms with van der Waals surface area (Å²) in [7, 11) is -0.928. The number of sulfonamides is 1. The Morgan fingerprint density at radius 1 is 1.13 bits per heavy atom. The highest BCUT2D eigenvalue weighted by molar-refractivity contribution is 7.90. The Hall–Kier alpha value is -3.28. The summed E-state index contributed by atoms with van der Waals surface area (Å²) in [5.41, 5.74) is 0.293. The first-order valence-corrected chi connectivity index (χ1v) is 18.1. The van der Waals surface area contributed by atoms with Gasteiger partial charge in [0.15, 0.2) is 0 Å². The van der Waals surface area contributed by atoms with Crippen molar-refractivity contribution < 1.29 is 32.2 Å². The van der Waals surface area contributed by atoms with E-state index in [1.165, 1.54) is 35.9 Å². The molecule has 1 spiro atoms. The number of nitrogens with zero attached hydrogens (tertiary/aromatic N) is 2. The van der Waals surface area contributed by atoms with Crippen molar-refractivity contribution in [3.63, 3.8) is 0 Å². The second-order valence-corrected chi connectivity index (χ2v) is 16.4. The first kappa shape index (κ1) is 33.6. The van der Waals surface area contributed by atoms with Gasteiger partial charge in [0.2, 0.25) is 0 Å². The lowest BCUT2D eigenvalue weighted by atomic mass is 9.64. The lowest BCUT2D eigenvalue weighted by Gasteiger charge is -2.49. The molecule has 2 heterocycles. The van der Waals surface area contributed by atoms with Gasteiger partial charge in [0.05, 0.1) is 23.8 Å². The van der Waals surface area contributed by atoms with Crippen molar-refractivity contribution in [2.75, 3.05) is 45.3 Å². The largest absolute Gasteiger partial charge is 0.490 e. The van der Waals surface area contributed by atoms with Crippen molar-refractivity contribution in [3.8, 4) is 5.75 Å². The molecule has 0 aromatic heterocycles. The molecular weight excluding hydrogens is 642 g/mol. The van der Waals surface area contributed by atoms with E-state index in [9.17, 15) is 18.0 Å². The topological polar surface area (TPSA) is 114 Å². The van der Waals surface area contributed by atoms with E-state index in [1.807, 2.05) is 25.1 Å². The van der Waals surface area contributed by atoms with Gasteiger partial charge in [0.1, 0.15) is 17.0 Å². The monoisotopic (exact) mass is 685 g/mol. The summed E-state index contributed by atoms with van der Waals surface area (Å²) < 4.78 is 48.0. The van der Waals surface area contributed by atoms with E-state index < -0.39 is 33.2 Å². The predicted octanol–water partition coefficient (Wildman–Crippen LogP) is 5.47. The molecule has 1 saturated carbocycles. The lowest BCUT2D eigenvalue weighted by Crippen LogP contribution is -2.53. The molecule has 6 rings (SSSR count). The van der Waals surface area contributed by atoms with Crippen LogP contribution in [0.2, 0.25) is 5.02 Å². The Morgan fingerprint density at radius 3 is 2.64 bits per heavy atom. The van der Waals surface area contributed by atoms with Crippen molar-refractivity contribution in [3.05, 3.63) is 64.7 Å². The highest BCUT2D eigenvalue weighted by atomic mass is 35.5. The van der Waals surface area contributed by atoms with Crippen LogP contribution >= 0.6 is 11.6 Å². The fraction of sp³-hybridized carbons (Fsp3) is 0.543. The average Bonchev–Trinajstić information content (AvgIpc) is 3.13. The van der Waals surface area contributed by atoms with Crippen molar-refractivity contribution in [2.45, 2.75) is 74.4 Å². The maximum absolute atomic E-state index is 13.6. The molecule has 0 saturated heterocycles. The standard InChI is InChI=1S/C35H44ClN3O7S/c1-33(2)31(40)37-47(42,43)26-11-14-30-29(19-26)39(21-35(22-44-30)16-6-8-23-18-25(36)10-13-28(23)35)20-24-9-12-27(24)34(3,15-7-17-45-33)46-32(41)38(4)5/h7,10-11,13-15,18-19,24,27H,6,8-9,12,16-17,20-22H2,1-5H3,(H,37,40)/b15-7+/t24-,27+,34-,35-/m0/s1. The quantitative estimate of drug-likeness (QED) is 0.394. The van der Waals surface area contributed by atoms with Gasteiger partial charge in [0.25, 0.3) is 15.9 Å². The molecule has 1 N–H and O–H groups in total. The van der Waals surface area contributed by atoms with E-state index in [4.69, 9.17) is 25.8 Å². The van der Waals surface area contributed by atoms with E-state index in [0.29, 0.717) is 36.2 Å². The number of aryl methyl sites for hydroxylation is 1. The summed E-state index contributed by atoms with van der Waals surface area (Å²) in [5.74, 6) is -0.102. The number of amides is 2. The van der Waals surface area contributed by atoms with Crippen LogP contribution < -0.4 is 14.4 Å². The second kappa shape index (κ2) is 12.3. The molecule has 12 heteroatoms. The molecule has 2 aliphatic heterocycles. The van der Waals surface area contributed by atoms with Crippen LogP contribution in [0.3, 0.4) is 0 Å². The van der Waals surface area contributed by atoms with Gasteiger partial charge in [-0.15, -0.1) is 0 Å². The SMILES string of the molecule is CN(C)C(=O)O[C@@]1(C)/C=C/COC(C)(C)C(=O)NS(=O)(=O)c2ccc3c(c2)N(C[C@@H]2CC[C@H]21)C[C@@]1(CCCc2cc(Cl)ccc21)CO3. The molecule has 2 bridgehead atoms. The minimum Gasteiger partial charge on any atom is -0.490 e. The van der Waals surface area contributed by atoms with Gasteiger partial charge >= 0.3 is 6.09 Å². The fourth-order valence-corrected chi connectivity index (χ4v) is 8.82. The number of nitrogens with one attached hydrogen (secondary N) is 1. The zero-order valence-electron chi connectivity index (χ0n) is 27.7. The molecule has 2 aromatic carbocycles.